The fourth-order valence-corrected chi connectivity index (χ4v) is 3.50. The third kappa shape index (κ3) is 3.09. The highest BCUT2D eigenvalue weighted by Crippen LogP contribution is 2.27. The molecule has 0 saturated heterocycles. The number of hydrogen-bond acceptors (Lipinski definition) is 3. The fraction of sp³-hybridized carbons (Fsp3) is 0.571. The molecule has 5 heteroatoms. The maximum absolute atomic E-state index is 12.6. The zero-order valence-electron chi connectivity index (χ0n) is 12.6. The summed E-state index contributed by atoms with van der Waals surface area (Å²) in [7, 11) is -1.94. The summed E-state index contributed by atoms with van der Waals surface area (Å²) in [4.78, 5) is 0.200. The van der Waals surface area contributed by atoms with Gasteiger partial charge in [-0.1, -0.05) is 13.8 Å². The van der Waals surface area contributed by atoms with E-state index in [0.717, 1.165) is 11.1 Å². The lowest BCUT2D eigenvalue weighted by atomic mass is 10.1. The van der Waals surface area contributed by atoms with Gasteiger partial charge in [0.15, 0.2) is 0 Å². The Bertz CT molecular complexity index is 565. The van der Waals surface area contributed by atoms with Crippen LogP contribution in [0.3, 0.4) is 0 Å². The van der Waals surface area contributed by atoms with E-state index in [4.69, 9.17) is 5.73 Å². The number of sulfonamides is 1. The van der Waals surface area contributed by atoms with Crippen LogP contribution in [-0.4, -0.2) is 25.8 Å². The minimum Gasteiger partial charge on any atom is -0.398 e. The van der Waals surface area contributed by atoms with Crippen LogP contribution in [0.25, 0.3) is 0 Å². The summed E-state index contributed by atoms with van der Waals surface area (Å²) in [5, 5.41) is 0. The predicted octanol–water partition coefficient (Wildman–Crippen LogP) is 2.55. The predicted molar refractivity (Wildman–Crippen MR) is 79.6 cm³/mol. The van der Waals surface area contributed by atoms with Gasteiger partial charge in [-0.2, -0.15) is 4.31 Å². The number of nitrogens with zero attached hydrogens (tertiary/aromatic N) is 1. The Labute approximate surface area is 116 Å². The summed E-state index contributed by atoms with van der Waals surface area (Å²) in [5.41, 5.74) is 8.12. The Morgan fingerprint density at radius 1 is 1.11 bits per heavy atom. The lowest BCUT2D eigenvalue weighted by molar-refractivity contribution is 0.316. The van der Waals surface area contributed by atoms with Crippen LogP contribution in [0.5, 0.6) is 0 Å². The van der Waals surface area contributed by atoms with Crippen molar-refractivity contribution in [1.29, 1.82) is 0 Å². The molecule has 0 saturated carbocycles. The first-order valence-electron chi connectivity index (χ1n) is 6.43. The van der Waals surface area contributed by atoms with Gasteiger partial charge in [-0.05, 0) is 49.9 Å². The molecule has 108 valence electrons. The van der Waals surface area contributed by atoms with Gasteiger partial charge in [0, 0.05) is 13.1 Å². The third-order valence-electron chi connectivity index (χ3n) is 3.82. The lowest BCUT2D eigenvalue weighted by Crippen LogP contribution is -2.38. The Morgan fingerprint density at radius 2 is 1.58 bits per heavy atom. The van der Waals surface area contributed by atoms with Crippen LogP contribution in [0.4, 0.5) is 5.69 Å². The van der Waals surface area contributed by atoms with E-state index in [1.54, 1.807) is 19.2 Å². The monoisotopic (exact) mass is 284 g/mol. The van der Waals surface area contributed by atoms with Gasteiger partial charge in [-0.15, -0.1) is 0 Å². The van der Waals surface area contributed by atoms with Crippen LogP contribution >= 0.6 is 0 Å². The number of benzene rings is 1. The van der Waals surface area contributed by atoms with Gasteiger partial charge in [-0.3, -0.25) is 0 Å². The molecule has 1 atom stereocenters. The Morgan fingerprint density at radius 3 is 2.05 bits per heavy atom. The van der Waals surface area contributed by atoms with E-state index in [2.05, 4.69) is 0 Å². The van der Waals surface area contributed by atoms with Gasteiger partial charge in [0.1, 0.15) is 4.90 Å². The van der Waals surface area contributed by atoms with Gasteiger partial charge < -0.3 is 5.73 Å². The molecule has 4 nitrogen and oxygen atoms in total. The van der Waals surface area contributed by atoms with Gasteiger partial charge in [0.05, 0.1) is 5.69 Å². The minimum absolute atomic E-state index is 0.0778. The molecule has 2 N–H and O–H groups in total. The fourth-order valence-electron chi connectivity index (χ4n) is 1.83. The van der Waals surface area contributed by atoms with Gasteiger partial charge in [0.25, 0.3) is 0 Å². The van der Waals surface area contributed by atoms with Crippen LogP contribution in [0.2, 0.25) is 0 Å². The number of nitrogen functional groups attached to an aromatic ring is 1. The standard InChI is InChI=1S/C14H24N2O2S/c1-9(2)12(5)16(6)19(17,18)14-8-11(4)10(3)7-13(14)15/h7-9,12H,15H2,1-6H3. The van der Waals surface area contributed by atoms with Crippen molar-refractivity contribution >= 4 is 15.7 Å². The molecule has 0 aromatic heterocycles. The molecule has 0 aliphatic carbocycles. The van der Waals surface area contributed by atoms with Crippen molar-refractivity contribution in [2.24, 2.45) is 5.92 Å². The molecule has 0 aliphatic heterocycles. The molecule has 0 fully saturated rings. The third-order valence-corrected chi connectivity index (χ3v) is 5.82. The van der Waals surface area contributed by atoms with Crippen molar-refractivity contribution in [3.8, 4) is 0 Å². The van der Waals surface area contributed by atoms with Crippen molar-refractivity contribution in [2.45, 2.75) is 45.6 Å². The molecule has 1 aromatic rings. The molecule has 0 heterocycles. The van der Waals surface area contributed by atoms with E-state index in [9.17, 15) is 8.42 Å². The van der Waals surface area contributed by atoms with Crippen LogP contribution in [0, 0.1) is 19.8 Å². The molecule has 1 unspecified atom stereocenters. The Balaban J connectivity index is 3.32. The lowest BCUT2D eigenvalue weighted by Gasteiger charge is -2.27. The molecule has 0 amide bonds. The molecular weight excluding hydrogens is 260 g/mol. The number of anilines is 1. The van der Waals surface area contributed by atoms with Crippen LogP contribution in [0.15, 0.2) is 17.0 Å². The molecule has 0 radical (unpaired) electrons. The summed E-state index contributed by atoms with van der Waals surface area (Å²) >= 11 is 0. The topological polar surface area (TPSA) is 63.4 Å². The summed E-state index contributed by atoms with van der Waals surface area (Å²) < 4.78 is 26.6. The largest absolute Gasteiger partial charge is 0.398 e. The van der Waals surface area contributed by atoms with E-state index in [1.165, 1.54) is 4.31 Å². The van der Waals surface area contributed by atoms with Crippen molar-refractivity contribution < 1.29 is 8.42 Å². The Hall–Kier alpha value is -1.07. The number of aryl methyl sites for hydroxylation is 2. The molecule has 19 heavy (non-hydrogen) atoms. The molecule has 0 bridgehead atoms. The molecule has 0 spiro atoms. The molecular formula is C14H24N2O2S. The zero-order valence-corrected chi connectivity index (χ0v) is 13.4. The molecule has 1 rings (SSSR count). The summed E-state index contributed by atoms with van der Waals surface area (Å²) in [5.74, 6) is 0.243. The summed E-state index contributed by atoms with van der Waals surface area (Å²) in [6.07, 6.45) is 0. The van der Waals surface area contributed by atoms with Gasteiger partial charge >= 0.3 is 0 Å². The average Bonchev–Trinajstić information content (AvgIpc) is 2.31. The maximum atomic E-state index is 12.6. The quantitative estimate of drug-likeness (QED) is 0.864. The van der Waals surface area contributed by atoms with Gasteiger partial charge in [-0.25, -0.2) is 8.42 Å². The highest BCUT2D eigenvalue weighted by Gasteiger charge is 2.28. The van der Waals surface area contributed by atoms with Crippen molar-refractivity contribution in [3.05, 3.63) is 23.3 Å². The maximum Gasteiger partial charge on any atom is 0.245 e. The van der Waals surface area contributed by atoms with Crippen molar-refractivity contribution in [2.75, 3.05) is 12.8 Å². The van der Waals surface area contributed by atoms with Crippen LogP contribution in [0.1, 0.15) is 31.9 Å². The smallest absolute Gasteiger partial charge is 0.245 e. The van der Waals surface area contributed by atoms with Crippen LogP contribution < -0.4 is 5.73 Å². The second-order valence-corrected chi connectivity index (χ2v) is 7.45. The number of hydrogen-bond donors (Lipinski definition) is 1. The SMILES string of the molecule is Cc1cc(N)c(S(=O)(=O)N(C)C(C)C(C)C)cc1C. The number of nitrogens with two attached hydrogens (primary N) is 1. The zero-order chi connectivity index (χ0) is 15.0. The second kappa shape index (κ2) is 5.51. The van der Waals surface area contributed by atoms with E-state index in [-0.39, 0.29) is 16.9 Å². The van der Waals surface area contributed by atoms with E-state index < -0.39 is 10.0 Å². The average molecular weight is 284 g/mol. The van der Waals surface area contributed by atoms with Crippen molar-refractivity contribution in [3.63, 3.8) is 0 Å². The molecule has 0 aliphatic rings. The van der Waals surface area contributed by atoms with Gasteiger partial charge in [0.2, 0.25) is 10.0 Å². The van der Waals surface area contributed by atoms with E-state index in [1.807, 2.05) is 34.6 Å². The highest BCUT2D eigenvalue weighted by atomic mass is 32.2. The minimum atomic E-state index is -3.54. The Kier molecular flexibility index (Phi) is 4.63. The first-order valence-corrected chi connectivity index (χ1v) is 7.87. The first kappa shape index (κ1) is 16.0. The number of rotatable bonds is 4. The van der Waals surface area contributed by atoms with Crippen LogP contribution in [-0.2, 0) is 10.0 Å². The van der Waals surface area contributed by atoms with Crippen molar-refractivity contribution in [1.82, 2.24) is 4.31 Å². The summed E-state index contributed by atoms with van der Waals surface area (Å²) in [6, 6.07) is 3.30. The highest BCUT2D eigenvalue weighted by molar-refractivity contribution is 7.89. The van der Waals surface area contributed by atoms with E-state index >= 15 is 0 Å². The normalized spacial score (nSPS) is 14.1. The second-order valence-electron chi connectivity index (χ2n) is 5.48. The van der Waals surface area contributed by atoms with E-state index in [0.29, 0.717) is 5.69 Å². The first-order chi connectivity index (χ1) is 8.59. The summed E-state index contributed by atoms with van der Waals surface area (Å²) in [6.45, 7) is 9.71. The molecule has 1 aromatic carbocycles.